The van der Waals surface area contributed by atoms with Gasteiger partial charge in [-0.2, -0.15) is 0 Å². The predicted octanol–water partition coefficient (Wildman–Crippen LogP) is 1.90. The second kappa shape index (κ2) is 8.63. The van der Waals surface area contributed by atoms with Crippen LogP contribution in [0.3, 0.4) is 0 Å². The molecular formula is C17H28Cl2N4. The normalized spacial score (nSPS) is 30.7. The Morgan fingerprint density at radius 1 is 1.04 bits per heavy atom. The average Bonchev–Trinajstić information content (AvgIpc) is 3.00. The predicted molar refractivity (Wildman–Crippen MR) is 98.4 cm³/mol. The number of hydrogen-bond donors (Lipinski definition) is 1. The first-order valence-electron chi connectivity index (χ1n) is 8.44. The van der Waals surface area contributed by atoms with Gasteiger partial charge in [0.05, 0.1) is 0 Å². The van der Waals surface area contributed by atoms with Gasteiger partial charge in [-0.15, -0.1) is 24.8 Å². The molecule has 130 valence electrons. The summed E-state index contributed by atoms with van der Waals surface area (Å²) >= 11 is 0. The fourth-order valence-electron chi connectivity index (χ4n) is 4.23. The van der Waals surface area contributed by atoms with E-state index in [1.54, 1.807) is 0 Å². The van der Waals surface area contributed by atoms with Gasteiger partial charge in [-0.05, 0) is 62.0 Å². The van der Waals surface area contributed by atoms with Crippen molar-refractivity contribution in [3.63, 3.8) is 0 Å². The number of halogens is 2. The molecule has 0 spiro atoms. The van der Waals surface area contributed by atoms with Gasteiger partial charge >= 0.3 is 0 Å². The fraction of sp³-hybridized carbons (Fsp3) is 0.706. The summed E-state index contributed by atoms with van der Waals surface area (Å²) in [6.45, 7) is 9.90. The molecule has 6 heteroatoms. The molecule has 3 fully saturated rings. The fourth-order valence-corrected chi connectivity index (χ4v) is 4.23. The van der Waals surface area contributed by atoms with E-state index in [1.807, 2.05) is 18.5 Å². The van der Waals surface area contributed by atoms with Crippen LogP contribution in [-0.2, 0) is 6.54 Å². The lowest BCUT2D eigenvalue weighted by Gasteiger charge is -2.22. The summed E-state index contributed by atoms with van der Waals surface area (Å²) in [4.78, 5) is 9.53. The van der Waals surface area contributed by atoms with Crippen molar-refractivity contribution in [1.82, 2.24) is 20.1 Å². The van der Waals surface area contributed by atoms with Gasteiger partial charge in [-0.3, -0.25) is 9.88 Å². The molecule has 0 aromatic carbocycles. The molecule has 1 N–H and O–H groups in total. The Morgan fingerprint density at radius 2 is 1.78 bits per heavy atom. The molecule has 1 aromatic rings. The number of nitrogens with zero attached hydrogens (tertiary/aromatic N) is 3. The van der Waals surface area contributed by atoms with Gasteiger partial charge in [0, 0.05) is 38.6 Å². The van der Waals surface area contributed by atoms with Crippen LogP contribution in [0.25, 0.3) is 0 Å². The second-order valence-electron chi connectivity index (χ2n) is 6.94. The van der Waals surface area contributed by atoms with E-state index >= 15 is 0 Å². The van der Waals surface area contributed by atoms with Crippen LogP contribution < -0.4 is 5.32 Å². The van der Waals surface area contributed by atoms with E-state index in [0.29, 0.717) is 0 Å². The minimum Gasteiger partial charge on any atom is -0.316 e. The molecule has 0 amide bonds. The van der Waals surface area contributed by atoms with Crippen LogP contribution in [0.15, 0.2) is 24.5 Å². The van der Waals surface area contributed by atoms with Crippen LogP contribution in [0.5, 0.6) is 0 Å². The summed E-state index contributed by atoms with van der Waals surface area (Å²) < 4.78 is 0. The molecule has 1 aromatic heterocycles. The largest absolute Gasteiger partial charge is 0.316 e. The number of fused-ring (bicyclic) bond motifs is 1. The van der Waals surface area contributed by atoms with Crippen molar-refractivity contribution >= 4 is 24.8 Å². The van der Waals surface area contributed by atoms with Crippen molar-refractivity contribution in [1.29, 1.82) is 0 Å². The Bertz CT molecular complexity index is 463. The summed E-state index contributed by atoms with van der Waals surface area (Å²) in [5.41, 5.74) is 1.34. The molecule has 3 aliphatic rings. The van der Waals surface area contributed by atoms with E-state index in [4.69, 9.17) is 0 Å². The van der Waals surface area contributed by atoms with Gasteiger partial charge in [0.1, 0.15) is 0 Å². The average molecular weight is 359 g/mol. The van der Waals surface area contributed by atoms with Crippen LogP contribution in [0.1, 0.15) is 12.0 Å². The first-order chi connectivity index (χ1) is 10.4. The standard InChI is InChI=1S/C17H26N4.2ClH/c1-3-14(9-18-4-1)12-20-5-2-6-21(8-7-20)13-17-15-10-19-11-16(15)17;;/h1,3-4,9,15-17,19H,2,5-8,10-13H2;2*1H/t15-,16+,17?;;. The maximum atomic E-state index is 4.23. The van der Waals surface area contributed by atoms with Crippen LogP contribution in [-0.4, -0.2) is 60.6 Å². The van der Waals surface area contributed by atoms with Crippen molar-refractivity contribution in [2.75, 3.05) is 45.8 Å². The molecule has 4 rings (SSSR count). The summed E-state index contributed by atoms with van der Waals surface area (Å²) in [5, 5.41) is 3.50. The Kier molecular flexibility index (Phi) is 7.11. The second-order valence-corrected chi connectivity index (χ2v) is 6.94. The zero-order valence-electron chi connectivity index (χ0n) is 13.6. The highest BCUT2D eigenvalue weighted by molar-refractivity contribution is 5.85. The highest BCUT2D eigenvalue weighted by Gasteiger charge is 2.52. The number of rotatable bonds is 4. The lowest BCUT2D eigenvalue weighted by Crippen LogP contribution is -2.33. The van der Waals surface area contributed by atoms with Crippen molar-refractivity contribution in [2.24, 2.45) is 17.8 Å². The molecule has 1 unspecified atom stereocenters. The van der Waals surface area contributed by atoms with Gasteiger partial charge in [0.15, 0.2) is 0 Å². The third kappa shape index (κ3) is 4.58. The smallest absolute Gasteiger partial charge is 0.0312 e. The zero-order valence-corrected chi connectivity index (χ0v) is 15.2. The van der Waals surface area contributed by atoms with Crippen LogP contribution >= 0.6 is 24.8 Å². The molecule has 1 saturated carbocycles. The Morgan fingerprint density at radius 3 is 2.52 bits per heavy atom. The van der Waals surface area contributed by atoms with Gasteiger partial charge in [0.2, 0.25) is 0 Å². The third-order valence-corrected chi connectivity index (χ3v) is 5.55. The molecular weight excluding hydrogens is 331 g/mol. The van der Waals surface area contributed by atoms with Gasteiger partial charge in [-0.25, -0.2) is 0 Å². The molecule has 3 heterocycles. The molecule has 0 bridgehead atoms. The number of piperidine rings is 1. The summed E-state index contributed by atoms with van der Waals surface area (Å²) in [5.74, 6) is 3.00. The molecule has 2 saturated heterocycles. The minimum atomic E-state index is 0. The highest BCUT2D eigenvalue weighted by Crippen LogP contribution is 2.48. The van der Waals surface area contributed by atoms with Gasteiger partial charge in [0.25, 0.3) is 0 Å². The molecule has 2 aliphatic heterocycles. The van der Waals surface area contributed by atoms with E-state index in [1.165, 1.54) is 57.8 Å². The SMILES string of the molecule is Cl.Cl.c1cncc(CN2CCCN(CC3[C@H]4CNC[C@@H]34)CC2)c1. The van der Waals surface area contributed by atoms with Crippen LogP contribution in [0, 0.1) is 17.8 Å². The van der Waals surface area contributed by atoms with Gasteiger partial charge < -0.3 is 10.2 Å². The number of hydrogen-bond acceptors (Lipinski definition) is 4. The number of nitrogens with one attached hydrogen (secondary N) is 1. The molecule has 4 nitrogen and oxygen atoms in total. The molecule has 3 atom stereocenters. The van der Waals surface area contributed by atoms with Crippen molar-refractivity contribution in [2.45, 2.75) is 13.0 Å². The third-order valence-electron chi connectivity index (χ3n) is 5.55. The monoisotopic (exact) mass is 358 g/mol. The van der Waals surface area contributed by atoms with E-state index < -0.39 is 0 Å². The van der Waals surface area contributed by atoms with Crippen LogP contribution in [0.2, 0.25) is 0 Å². The maximum Gasteiger partial charge on any atom is 0.0312 e. The van der Waals surface area contributed by atoms with E-state index in [2.05, 4.69) is 26.2 Å². The topological polar surface area (TPSA) is 31.4 Å². The maximum absolute atomic E-state index is 4.23. The molecule has 0 radical (unpaired) electrons. The Hall–Kier alpha value is -0.390. The van der Waals surface area contributed by atoms with E-state index in [9.17, 15) is 0 Å². The van der Waals surface area contributed by atoms with Gasteiger partial charge in [-0.1, -0.05) is 6.07 Å². The van der Waals surface area contributed by atoms with Crippen molar-refractivity contribution in [3.05, 3.63) is 30.1 Å². The Balaban J connectivity index is 0.000000960. The minimum absolute atomic E-state index is 0. The van der Waals surface area contributed by atoms with E-state index in [-0.39, 0.29) is 24.8 Å². The lowest BCUT2D eigenvalue weighted by atomic mass is 10.2. The lowest BCUT2D eigenvalue weighted by molar-refractivity contribution is 0.239. The molecule has 23 heavy (non-hydrogen) atoms. The Labute approximate surface area is 151 Å². The first-order valence-corrected chi connectivity index (χ1v) is 8.44. The first kappa shape index (κ1) is 18.9. The number of aromatic nitrogens is 1. The van der Waals surface area contributed by atoms with Crippen LogP contribution in [0.4, 0.5) is 0 Å². The highest BCUT2D eigenvalue weighted by atomic mass is 35.5. The molecule has 1 aliphatic carbocycles. The summed E-state index contributed by atoms with van der Waals surface area (Å²) in [7, 11) is 0. The quantitative estimate of drug-likeness (QED) is 0.890. The van der Waals surface area contributed by atoms with E-state index in [0.717, 1.165) is 24.3 Å². The summed E-state index contributed by atoms with van der Waals surface area (Å²) in [6, 6.07) is 4.23. The number of pyridine rings is 1. The zero-order chi connectivity index (χ0) is 14.1. The van der Waals surface area contributed by atoms with Crippen molar-refractivity contribution < 1.29 is 0 Å². The summed E-state index contributed by atoms with van der Waals surface area (Å²) in [6.07, 6.45) is 5.16. The van der Waals surface area contributed by atoms with Crippen molar-refractivity contribution in [3.8, 4) is 0 Å².